The number of fused-ring (bicyclic) bond motifs is 1. The third-order valence-corrected chi connectivity index (χ3v) is 7.89. The average molecular weight is 762 g/mol. The molecule has 11 nitrogen and oxygen atoms in total. The van der Waals surface area contributed by atoms with Gasteiger partial charge in [0.25, 0.3) is 5.91 Å². The van der Waals surface area contributed by atoms with Crippen molar-refractivity contribution in [1.29, 1.82) is 0 Å². The minimum Gasteiger partial charge on any atom is -0.652 e. The summed E-state index contributed by atoms with van der Waals surface area (Å²) in [6, 6.07) is 6.00. The second-order valence-corrected chi connectivity index (χ2v) is 10.6. The number of rotatable bonds is 6. The van der Waals surface area contributed by atoms with Crippen molar-refractivity contribution in [2.75, 3.05) is 24.1 Å². The van der Waals surface area contributed by atoms with Crippen molar-refractivity contribution >= 4 is 38.7 Å². The van der Waals surface area contributed by atoms with Crippen LogP contribution < -0.4 is 162 Å². The number of anilines is 1. The summed E-state index contributed by atoms with van der Waals surface area (Å²) in [4.78, 5) is 19.8. The van der Waals surface area contributed by atoms with Crippen molar-refractivity contribution in [2.45, 2.75) is 25.7 Å². The number of hydrogen-bond acceptors (Lipinski definition) is 9. The molecule has 0 aromatic heterocycles. The zero-order valence-corrected chi connectivity index (χ0v) is 33.1. The monoisotopic (exact) mass is 762 g/mol. The zero-order chi connectivity index (χ0) is 24.9. The van der Waals surface area contributed by atoms with Gasteiger partial charge in [-0.2, -0.15) is 8.42 Å². The van der Waals surface area contributed by atoms with Crippen LogP contribution in [0.2, 0.25) is 0 Å². The number of benzene rings is 2. The van der Waals surface area contributed by atoms with Crippen LogP contribution in [0.3, 0.4) is 0 Å². The molecule has 1 saturated heterocycles. The molecular formula is C21H21Cs2FN2O9S. The first-order chi connectivity index (χ1) is 15.9. The van der Waals surface area contributed by atoms with Gasteiger partial charge in [-0.1, -0.05) is 6.07 Å². The van der Waals surface area contributed by atoms with Crippen molar-refractivity contribution < 1.29 is 185 Å². The van der Waals surface area contributed by atoms with E-state index in [1.807, 2.05) is 0 Å². The number of aliphatic hydroxyl groups is 1. The van der Waals surface area contributed by atoms with E-state index in [0.717, 1.165) is 25.7 Å². The van der Waals surface area contributed by atoms with Crippen molar-refractivity contribution in [3.05, 3.63) is 30.1 Å². The van der Waals surface area contributed by atoms with Crippen LogP contribution in [0.1, 0.15) is 25.7 Å². The van der Waals surface area contributed by atoms with Crippen LogP contribution in [0, 0.1) is 16.6 Å². The number of carboxylic acid groups (broad SMARTS) is 2. The van der Waals surface area contributed by atoms with Gasteiger partial charge >= 0.3 is 148 Å². The van der Waals surface area contributed by atoms with Crippen LogP contribution in [0.4, 0.5) is 14.9 Å². The molecule has 15 heteroatoms. The van der Waals surface area contributed by atoms with E-state index in [2.05, 4.69) is 0 Å². The Balaban J connectivity index is 0.000000710. The number of carbonyl (C=O) groups excluding carboxylic acids is 2. The second-order valence-electron chi connectivity index (χ2n) is 9.02. The molecule has 0 radical (unpaired) electrons. The summed E-state index contributed by atoms with van der Waals surface area (Å²) in [5, 5.41) is 36.5. The number of hydrogen-bond donors (Lipinski definition) is 3. The summed E-state index contributed by atoms with van der Waals surface area (Å²) in [6.07, 6.45) is 1.55. The minimum absolute atomic E-state index is 0. The zero-order valence-electron chi connectivity index (χ0n) is 19.7. The van der Waals surface area contributed by atoms with Crippen LogP contribution in [0.25, 0.3) is 10.8 Å². The second kappa shape index (κ2) is 12.5. The maximum atomic E-state index is 15.2. The minimum atomic E-state index is -4.26. The molecule has 4 aliphatic rings. The molecule has 184 valence electrons. The number of phenolic OH excluding ortho intramolecular Hbond substituents is 1. The normalized spacial score (nSPS) is 24.6. The van der Waals surface area contributed by atoms with Crippen molar-refractivity contribution in [3.8, 4) is 11.5 Å². The number of aromatic hydroxyl groups is 1. The molecule has 2 aromatic carbocycles. The van der Waals surface area contributed by atoms with Gasteiger partial charge in [-0.25, -0.2) is 13.4 Å². The Morgan fingerprint density at radius 3 is 2.31 bits per heavy atom. The smallest absolute Gasteiger partial charge is 0.652 e. The number of ether oxygens (including phenoxy) is 1. The van der Waals surface area contributed by atoms with Crippen molar-refractivity contribution in [2.24, 2.45) is 10.8 Å². The molecule has 2 aromatic rings. The third-order valence-electron chi connectivity index (χ3n) is 6.51. The van der Waals surface area contributed by atoms with E-state index in [9.17, 15) is 18.3 Å². The summed E-state index contributed by atoms with van der Waals surface area (Å²) in [6.45, 7) is 0.0910. The Morgan fingerprint density at radius 1 is 1.17 bits per heavy atom. The molecule has 3 aliphatic carbocycles. The van der Waals surface area contributed by atoms with Crippen LogP contribution in [-0.2, 0) is 15.0 Å². The van der Waals surface area contributed by atoms with E-state index in [0.29, 0.717) is 22.0 Å². The number of nitrogens with one attached hydrogen (secondary N) is 1. The average Bonchev–Trinajstić information content (AvgIpc) is 2.94. The van der Waals surface area contributed by atoms with E-state index in [4.69, 9.17) is 24.9 Å². The van der Waals surface area contributed by atoms with E-state index in [1.165, 1.54) is 12.1 Å². The van der Waals surface area contributed by atoms with Crippen LogP contribution in [0.15, 0.2) is 24.3 Å². The predicted octanol–water partition coefficient (Wildman–Crippen LogP) is -6.64. The molecule has 4 fully saturated rings. The summed E-state index contributed by atoms with van der Waals surface area (Å²) in [5.41, 5.74) is -0.172. The Labute approximate surface area is 324 Å². The topological polar surface area (TPSA) is 179 Å². The van der Waals surface area contributed by atoms with Gasteiger partial charge in [0.2, 0.25) is 0 Å². The van der Waals surface area contributed by atoms with Gasteiger partial charge in [-0.15, -0.1) is 0 Å². The Morgan fingerprint density at radius 2 is 1.78 bits per heavy atom. The quantitative estimate of drug-likeness (QED) is 0.258. The summed E-state index contributed by atoms with van der Waals surface area (Å²) in [5.74, 6) is -1.87. The van der Waals surface area contributed by atoms with Crippen molar-refractivity contribution in [3.63, 3.8) is 0 Å². The Kier molecular flexibility index (Phi) is 11.5. The standard InChI is InChI=1S/C20H21FN2O6S.CH2O3.2Cs/c21-17-14-6-13(29-11-20-8-19(9-20,10-20)3-4-24)2-1-12(14)5-15(25)18(17)23-7-16(26)22-30(23,27)28;2-1(3)4;;/h1-2,5-6,24-25H,3-4,7-11H2,(H,22,26);(H2,2,3,4);;/q;;2*+1/p-2. The van der Waals surface area contributed by atoms with Crippen molar-refractivity contribution in [1.82, 2.24) is 4.72 Å². The number of phenols is 1. The molecule has 0 unspecified atom stereocenters. The Hall–Kier alpha value is 0.784. The Bertz CT molecular complexity index is 1270. The molecule has 3 saturated carbocycles. The molecule has 2 bridgehead atoms. The predicted molar refractivity (Wildman–Crippen MR) is 111 cm³/mol. The van der Waals surface area contributed by atoms with Gasteiger partial charge in [0.1, 0.15) is 23.7 Å². The number of carbonyl (C=O) groups is 2. The number of amides is 1. The van der Waals surface area contributed by atoms with E-state index < -0.39 is 46.1 Å². The maximum Gasteiger partial charge on any atom is 1.00 e. The van der Waals surface area contributed by atoms with Crippen LogP contribution in [-0.4, -0.2) is 50.5 Å². The number of halogens is 1. The first kappa shape index (κ1) is 33.0. The molecule has 0 atom stereocenters. The van der Waals surface area contributed by atoms with E-state index >= 15 is 4.39 Å². The molecule has 6 rings (SSSR count). The number of nitrogens with zero attached hydrogens (tertiary/aromatic N) is 1. The molecular weight excluding hydrogens is 741 g/mol. The fourth-order valence-corrected chi connectivity index (χ4v) is 6.57. The third kappa shape index (κ3) is 6.73. The van der Waals surface area contributed by atoms with Crippen LogP contribution in [0.5, 0.6) is 11.5 Å². The largest absolute Gasteiger partial charge is 1.00 e. The van der Waals surface area contributed by atoms with Gasteiger partial charge in [0, 0.05) is 17.4 Å². The SMILES string of the molecule is O=C([O-])[O-].O=C1CN(c2c(O)cc3ccc(OCC45CC(CCO)(C4)C5)cc3c2F)S(=O)(=O)N1.[Cs+].[Cs+]. The van der Waals surface area contributed by atoms with Gasteiger partial charge in [0.15, 0.2) is 5.82 Å². The van der Waals surface area contributed by atoms with Crippen LogP contribution >= 0.6 is 0 Å². The summed E-state index contributed by atoms with van der Waals surface area (Å²) in [7, 11) is -4.26. The van der Waals surface area contributed by atoms with Gasteiger partial charge < -0.3 is 30.0 Å². The van der Waals surface area contributed by atoms with E-state index in [1.54, 1.807) is 16.9 Å². The van der Waals surface area contributed by atoms with Gasteiger partial charge in [-0.3, -0.25) is 4.79 Å². The summed E-state index contributed by atoms with van der Waals surface area (Å²) < 4.78 is 47.6. The molecule has 1 heterocycles. The number of aliphatic hydroxyl groups excluding tert-OH is 1. The van der Waals surface area contributed by atoms with E-state index in [-0.39, 0.29) is 161 Å². The molecule has 3 N–H and O–H groups in total. The molecule has 36 heavy (non-hydrogen) atoms. The van der Waals surface area contributed by atoms with Gasteiger partial charge in [0.05, 0.1) is 6.61 Å². The maximum absolute atomic E-state index is 15.2. The molecule has 1 amide bonds. The first-order valence-corrected chi connectivity index (χ1v) is 11.7. The molecule has 0 spiro atoms. The summed E-state index contributed by atoms with van der Waals surface area (Å²) >= 11 is 0. The first-order valence-electron chi connectivity index (χ1n) is 10.3. The van der Waals surface area contributed by atoms with Gasteiger partial charge in [-0.05, 0) is 60.8 Å². The fourth-order valence-electron chi connectivity index (χ4n) is 5.40. The molecule has 1 aliphatic heterocycles. The fraction of sp³-hybridized carbons (Fsp3) is 0.429.